The fourth-order valence-electron chi connectivity index (χ4n) is 3.23. The van der Waals surface area contributed by atoms with Gasteiger partial charge >= 0.3 is 0 Å². The van der Waals surface area contributed by atoms with Gasteiger partial charge in [0.05, 0.1) is 0 Å². The number of nitrogens with zero attached hydrogens (tertiary/aromatic N) is 5. The Kier molecular flexibility index (Phi) is 4.40. The molecule has 0 radical (unpaired) electrons. The van der Waals surface area contributed by atoms with Gasteiger partial charge in [-0.15, -0.1) is 11.3 Å². The van der Waals surface area contributed by atoms with Crippen LogP contribution in [0, 0.1) is 6.92 Å². The molecule has 0 bridgehead atoms. The van der Waals surface area contributed by atoms with Gasteiger partial charge < -0.3 is 15.1 Å². The topological polar surface area (TPSA) is 57.2 Å². The molecule has 1 fully saturated rings. The number of anilines is 3. The molecule has 6 nitrogen and oxygen atoms in total. The van der Waals surface area contributed by atoms with Crippen LogP contribution in [0.3, 0.4) is 0 Å². The van der Waals surface area contributed by atoms with Crippen molar-refractivity contribution in [3.8, 4) is 0 Å². The minimum Gasteiger partial charge on any atom is -0.354 e. The summed E-state index contributed by atoms with van der Waals surface area (Å²) in [4.78, 5) is 18.4. The Bertz CT molecular complexity index is 869. The van der Waals surface area contributed by atoms with E-state index in [4.69, 9.17) is 0 Å². The Balaban J connectivity index is 1.51. The lowest BCUT2D eigenvalue weighted by Crippen LogP contribution is -2.47. The zero-order chi connectivity index (χ0) is 17.2. The number of aromatic nitrogens is 3. The van der Waals surface area contributed by atoms with Crippen LogP contribution in [0.2, 0.25) is 0 Å². The monoisotopic (exact) mass is 354 g/mol. The zero-order valence-corrected chi connectivity index (χ0v) is 15.4. The van der Waals surface area contributed by atoms with Crippen molar-refractivity contribution in [2.24, 2.45) is 0 Å². The van der Waals surface area contributed by atoms with Crippen LogP contribution in [-0.4, -0.2) is 47.7 Å². The van der Waals surface area contributed by atoms with E-state index in [0.717, 1.165) is 50.1 Å². The minimum absolute atomic E-state index is 0.713. The Morgan fingerprint density at radius 3 is 2.72 bits per heavy atom. The second-order valence-corrected chi connectivity index (χ2v) is 7.11. The molecule has 1 aliphatic rings. The van der Waals surface area contributed by atoms with Crippen LogP contribution in [0.5, 0.6) is 0 Å². The standard InChI is InChI=1S/C18H22N6S/c1-3-19-18-21-13(2)12-16(22-18)23-7-9-24(10-8-23)17-14-5-11-25-15(14)4-6-20-17/h4-6,11-12H,3,7-10H2,1-2H3,(H,19,21,22). The lowest BCUT2D eigenvalue weighted by Gasteiger charge is -2.36. The van der Waals surface area contributed by atoms with Gasteiger partial charge in [-0.05, 0) is 31.4 Å². The first-order chi connectivity index (χ1) is 12.2. The van der Waals surface area contributed by atoms with Crippen molar-refractivity contribution in [2.45, 2.75) is 13.8 Å². The molecular formula is C18H22N6S. The molecule has 1 N–H and O–H groups in total. The van der Waals surface area contributed by atoms with E-state index in [0.29, 0.717) is 5.95 Å². The summed E-state index contributed by atoms with van der Waals surface area (Å²) < 4.78 is 1.30. The number of hydrogen-bond donors (Lipinski definition) is 1. The molecular weight excluding hydrogens is 332 g/mol. The second kappa shape index (κ2) is 6.84. The van der Waals surface area contributed by atoms with Gasteiger partial charge in [0.15, 0.2) is 0 Å². The average Bonchev–Trinajstić information content (AvgIpc) is 3.10. The molecule has 0 aromatic carbocycles. The number of nitrogens with one attached hydrogen (secondary N) is 1. The van der Waals surface area contributed by atoms with Crippen LogP contribution >= 0.6 is 11.3 Å². The molecule has 3 aromatic rings. The predicted octanol–water partition coefficient (Wildman–Crippen LogP) is 3.15. The van der Waals surface area contributed by atoms with Crippen molar-refractivity contribution >= 4 is 39.0 Å². The third-order valence-electron chi connectivity index (χ3n) is 4.44. The maximum atomic E-state index is 4.66. The number of piperazine rings is 1. The van der Waals surface area contributed by atoms with Crippen molar-refractivity contribution in [3.63, 3.8) is 0 Å². The first-order valence-electron chi connectivity index (χ1n) is 8.66. The van der Waals surface area contributed by atoms with Gasteiger partial charge in [-0.25, -0.2) is 9.97 Å². The highest BCUT2D eigenvalue weighted by Gasteiger charge is 2.21. The molecule has 0 unspecified atom stereocenters. The number of thiophene rings is 1. The van der Waals surface area contributed by atoms with Gasteiger partial charge in [-0.3, -0.25) is 0 Å². The molecule has 1 aliphatic heterocycles. The molecule has 25 heavy (non-hydrogen) atoms. The summed E-state index contributed by atoms with van der Waals surface area (Å²) >= 11 is 1.77. The summed E-state index contributed by atoms with van der Waals surface area (Å²) in [5.41, 5.74) is 0.994. The highest BCUT2D eigenvalue weighted by atomic mass is 32.1. The smallest absolute Gasteiger partial charge is 0.224 e. The van der Waals surface area contributed by atoms with Gasteiger partial charge in [-0.2, -0.15) is 4.98 Å². The van der Waals surface area contributed by atoms with Gasteiger partial charge in [0.25, 0.3) is 0 Å². The summed E-state index contributed by atoms with van der Waals surface area (Å²) in [5.74, 6) is 2.82. The maximum Gasteiger partial charge on any atom is 0.224 e. The van der Waals surface area contributed by atoms with Crippen LogP contribution in [-0.2, 0) is 0 Å². The first kappa shape index (κ1) is 16.1. The molecule has 1 saturated heterocycles. The van der Waals surface area contributed by atoms with E-state index in [1.165, 1.54) is 10.1 Å². The fraction of sp³-hybridized carbons (Fsp3) is 0.389. The van der Waals surface area contributed by atoms with Crippen molar-refractivity contribution in [1.82, 2.24) is 15.0 Å². The van der Waals surface area contributed by atoms with Gasteiger partial charge in [-0.1, -0.05) is 0 Å². The van der Waals surface area contributed by atoms with E-state index < -0.39 is 0 Å². The first-order valence-corrected chi connectivity index (χ1v) is 9.54. The predicted molar refractivity (Wildman–Crippen MR) is 105 cm³/mol. The Morgan fingerprint density at radius 1 is 1.12 bits per heavy atom. The molecule has 4 heterocycles. The molecule has 0 atom stereocenters. The Morgan fingerprint density at radius 2 is 1.92 bits per heavy atom. The van der Waals surface area contributed by atoms with Crippen molar-refractivity contribution < 1.29 is 0 Å². The average molecular weight is 354 g/mol. The van der Waals surface area contributed by atoms with E-state index >= 15 is 0 Å². The molecule has 0 spiro atoms. The molecule has 3 aromatic heterocycles. The number of aryl methyl sites for hydroxylation is 1. The third kappa shape index (κ3) is 3.24. The number of fused-ring (bicyclic) bond motifs is 1. The summed E-state index contributed by atoms with van der Waals surface area (Å²) in [7, 11) is 0. The number of rotatable bonds is 4. The summed E-state index contributed by atoms with van der Waals surface area (Å²) in [6, 6.07) is 6.32. The largest absolute Gasteiger partial charge is 0.354 e. The maximum absolute atomic E-state index is 4.66. The SMILES string of the molecule is CCNc1nc(C)cc(N2CCN(c3nccc4sccc34)CC2)n1. The molecule has 130 valence electrons. The molecule has 0 aliphatic carbocycles. The third-order valence-corrected chi connectivity index (χ3v) is 5.32. The quantitative estimate of drug-likeness (QED) is 0.777. The van der Waals surface area contributed by atoms with E-state index in [9.17, 15) is 0 Å². The van der Waals surface area contributed by atoms with Crippen molar-refractivity contribution in [3.05, 3.63) is 35.5 Å². The molecule has 0 saturated carbocycles. The van der Waals surface area contributed by atoms with E-state index in [1.807, 2.05) is 13.1 Å². The van der Waals surface area contributed by atoms with E-state index in [1.54, 1.807) is 11.3 Å². The van der Waals surface area contributed by atoms with Crippen LogP contribution in [0.1, 0.15) is 12.6 Å². The van der Waals surface area contributed by atoms with Crippen LogP contribution in [0.4, 0.5) is 17.6 Å². The highest BCUT2D eigenvalue weighted by Crippen LogP contribution is 2.29. The Hall–Kier alpha value is -2.41. The Labute approximate surface area is 151 Å². The van der Waals surface area contributed by atoms with Crippen molar-refractivity contribution in [1.29, 1.82) is 0 Å². The van der Waals surface area contributed by atoms with Gasteiger partial charge in [0.2, 0.25) is 5.95 Å². The summed E-state index contributed by atoms with van der Waals surface area (Å²) in [6.07, 6.45) is 1.91. The van der Waals surface area contributed by atoms with Crippen LogP contribution in [0.25, 0.3) is 10.1 Å². The van der Waals surface area contributed by atoms with Crippen LogP contribution < -0.4 is 15.1 Å². The lowest BCUT2D eigenvalue weighted by molar-refractivity contribution is 0.642. The minimum atomic E-state index is 0.713. The number of pyridine rings is 1. The second-order valence-electron chi connectivity index (χ2n) is 6.16. The lowest BCUT2D eigenvalue weighted by atomic mass is 10.2. The summed E-state index contributed by atoms with van der Waals surface area (Å²) in [6.45, 7) is 8.66. The number of hydrogen-bond acceptors (Lipinski definition) is 7. The van der Waals surface area contributed by atoms with Gasteiger partial charge in [0.1, 0.15) is 11.6 Å². The fourth-order valence-corrected chi connectivity index (χ4v) is 4.01. The van der Waals surface area contributed by atoms with E-state index in [2.05, 4.69) is 60.6 Å². The molecule has 7 heteroatoms. The van der Waals surface area contributed by atoms with E-state index in [-0.39, 0.29) is 0 Å². The van der Waals surface area contributed by atoms with Crippen molar-refractivity contribution in [2.75, 3.05) is 47.8 Å². The van der Waals surface area contributed by atoms with Gasteiger partial charge in [0, 0.05) is 60.8 Å². The highest BCUT2D eigenvalue weighted by molar-refractivity contribution is 7.17. The normalized spacial score (nSPS) is 15.0. The molecule has 4 rings (SSSR count). The summed E-state index contributed by atoms with van der Waals surface area (Å²) in [5, 5.41) is 6.61. The van der Waals surface area contributed by atoms with Crippen LogP contribution in [0.15, 0.2) is 29.8 Å². The zero-order valence-electron chi connectivity index (χ0n) is 14.6. The molecule has 0 amide bonds.